The van der Waals surface area contributed by atoms with Crippen molar-refractivity contribution < 1.29 is 19.4 Å². The molecule has 1 aromatic heterocycles. The highest BCUT2D eigenvalue weighted by Gasteiger charge is 2.18. The maximum Gasteiger partial charge on any atom is 0.230 e. The first-order valence-electron chi connectivity index (χ1n) is 6.17. The zero-order valence-corrected chi connectivity index (χ0v) is 12.3. The summed E-state index contributed by atoms with van der Waals surface area (Å²) >= 11 is 5.89. The molecule has 0 fully saturated rings. The number of rotatable bonds is 5. The van der Waals surface area contributed by atoms with E-state index >= 15 is 0 Å². The maximum absolute atomic E-state index is 11.7. The average Bonchev–Trinajstić information content (AvgIpc) is 2.45. The summed E-state index contributed by atoms with van der Waals surface area (Å²) in [4.78, 5) is 15.8. The molecule has 0 atom stereocenters. The fourth-order valence-electron chi connectivity index (χ4n) is 1.80. The van der Waals surface area contributed by atoms with Crippen molar-refractivity contribution in [1.29, 1.82) is 0 Å². The van der Waals surface area contributed by atoms with Crippen LogP contribution in [0.25, 0.3) is 0 Å². The number of aromatic hydroxyl groups is 1. The summed E-state index contributed by atoms with van der Waals surface area (Å²) in [6.45, 7) is 1.60. The van der Waals surface area contributed by atoms with E-state index in [1.807, 2.05) is 0 Å². The van der Waals surface area contributed by atoms with Crippen molar-refractivity contribution >= 4 is 17.4 Å². The quantitative estimate of drug-likeness (QED) is 0.678. The van der Waals surface area contributed by atoms with E-state index in [4.69, 9.17) is 21.1 Å². The molecule has 0 radical (unpaired) electrons. The van der Waals surface area contributed by atoms with Crippen molar-refractivity contribution in [3.05, 3.63) is 46.6 Å². The highest BCUT2D eigenvalue weighted by atomic mass is 35.5. The van der Waals surface area contributed by atoms with Gasteiger partial charge in [0.2, 0.25) is 5.88 Å². The van der Waals surface area contributed by atoms with E-state index in [1.54, 1.807) is 24.3 Å². The molecule has 0 unspecified atom stereocenters. The zero-order valence-electron chi connectivity index (χ0n) is 11.6. The van der Waals surface area contributed by atoms with Gasteiger partial charge in [-0.15, -0.1) is 0 Å². The molecule has 0 aliphatic carbocycles. The van der Waals surface area contributed by atoms with Crippen LogP contribution in [0.15, 0.2) is 30.3 Å². The lowest BCUT2D eigenvalue weighted by Gasteiger charge is -2.12. The zero-order chi connectivity index (χ0) is 15.4. The molecule has 110 valence electrons. The molecule has 0 saturated carbocycles. The predicted molar refractivity (Wildman–Crippen MR) is 78.2 cm³/mol. The molecular formula is C15H14ClNO4. The highest BCUT2D eigenvalue weighted by Crippen LogP contribution is 2.30. The number of phenolic OH excluding ortho intramolecular Hbond substituents is 1. The van der Waals surface area contributed by atoms with Crippen molar-refractivity contribution in [3.63, 3.8) is 0 Å². The van der Waals surface area contributed by atoms with Crippen molar-refractivity contribution in [2.45, 2.75) is 13.5 Å². The van der Waals surface area contributed by atoms with Crippen molar-refractivity contribution in [2.75, 3.05) is 7.11 Å². The van der Waals surface area contributed by atoms with E-state index in [1.165, 1.54) is 20.1 Å². The number of benzene rings is 1. The van der Waals surface area contributed by atoms with Gasteiger partial charge in [-0.05, 0) is 24.6 Å². The van der Waals surface area contributed by atoms with Crippen LogP contribution in [0.5, 0.6) is 17.4 Å². The molecule has 2 rings (SSSR count). The predicted octanol–water partition coefficient (Wildman–Crippen LogP) is 3.23. The second-order valence-corrected chi connectivity index (χ2v) is 4.73. The van der Waals surface area contributed by atoms with Gasteiger partial charge in [0, 0.05) is 6.07 Å². The van der Waals surface area contributed by atoms with E-state index in [0.717, 1.165) is 5.56 Å². The van der Waals surface area contributed by atoms with Crippen LogP contribution in [0.2, 0.25) is 5.15 Å². The monoisotopic (exact) mass is 307 g/mol. The molecule has 0 spiro atoms. The summed E-state index contributed by atoms with van der Waals surface area (Å²) in [5.74, 6) is 0.394. The average molecular weight is 308 g/mol. The number of halogens is 1. The number of nitrogens with zero attached hydrogens (tertiary/aromatic N) is 1. The number of phenols is 1. The molecule has 1 aromatic carbocycles. The summed E-state index contributed by atoms with van der Waals surface area (Å²) in [5, 5.41) is 9.41. The Kier molecular flexibility index (Phi) is 4.65. The lowest BCUT2D eigenvalue weighted by atomic mass is 10.2. The molecule has 2 aromatic rings. The number of ketones is 1. The Labute approximate surface area is 127 Å². The molecular weight excluding hydrogens is 294 g/mol. The number of hydrogen-bond acceptors (Lipinski definition) is 5. The molecule has 21 heavy (non-hydrogen) atoms. The molecule has 6 heteroatoms. The first kappa shape index (κ1) is 15.1. The van der Waals surface area contributed by atoms with Gasteiger partial charge in [-0.25, -0.2) is 4.98 Å². The minimum Gasteiger partial charge on any atom is -0.508 e. The second-order valence-electron chi connectivity index (χ2n) is 4.34. The standard InChI is InChI=1S/C15H14ClNO4/c1-9(18)14-12(20-2)7-13(16)17-15(14)21-8-10-3-5-11(19)6-4-10/h3-7,19H,8H2,1-2H3. The van der Waals surface area contributed by atoms with Crippen LogP contribution in [0.3, 0.4) is 0 Å². The lowest BCUT2D eigenvalue weighted by Crippen LogP contribution is -2.06. The van der Waals surface area contributed by atoms with Crippen molar-refractivity contribution in [3.8, 4) is 17.4 Å². The summed E-state index contributed by atoms with van der Waals surface area (Å²) in [6, 6.07) is 7.99. The number of pyridine rings is 1. The number of methoxy groups -OCH3 is 1. The van der Waals surface area contributed by atoms with E-state index in [0.29, 0.717) is 5.75 Å². The Morgan fingerprint density at radius 3 is 2.57 bits per heavy atom. The topological polar surface area (TPSA) is 68.7 Å². The van der Waals surface area contributed by atoms with Gasteiger partial charge in [-0.3, -0.25) is 4.79 Å². The molecule has 0 aliphatic rings. The van der Waals surface area contributed by atoms with Gasteiger partial charge in [0.15, 0.2) is 5.78 Å². The van der Waals surface area contributed by atoms with Crippen molar-refractivity contribution in [1.82, 2.24) is 4.98 Å². The van der Waals surface area contributed by atoms with E-state index in [-0.39, 0.29) is 34.7 Å². The van der Waals surface area contributed by atoms with Gasteiger partial charge in [0.05, 0.1) is 7.11 Å². The van der Waals surface area contributed by atoms with Crippen LogP contribution in [0.4, 0.5) is 0 Å². The van der Waals surface area contributed by atoms with E-state index < -0.39 is 0 Å². The first-order valence-corrected chi connectivity index (χ1v) is 6.55. The van der Waals surface area contributed by atoms with Crippen LogP contribution >= 0.6 is 11.6 Å². The summed E-state index contributed by atoms with van der Waals surface area (Å²) in [5.41, 5.74) is 1.07. The number of aromatic nitrogens is 1. The first-order chi connectivity index (χ1) is 10.0. The highest BCUT2D eigenvalue weighted by molar-refractivity contribution is 6.29. The fourth-order valence-corrected chi connectivity index (χ4v) is 1.98. The van der Waals surface area contributed by atoms with E-state index in [9.17, 15) is 9.90 Å². The Hall–Kier alpha value is -2.27. The van der Waals surface area contributed by atoms with Gasteiger partial charge in [-0.1, -0.05) is 23.7 Å². The van der Waals surface area contributed by atoms with Gasteiger partial charge in [0.25, 0.3) is 0 Å². The van der Waals surface area contributed by atoms with Crippen molar-refractivity contribution in [2.24, 2.45) is 0 Å². The van der Waals surface area contributed by atoms with Crippen LogP contribution in [-0.2, 0) is 6.61 Å². The molecule has 1 N–H and O–H groups in total. The SMILES string of the molecule is COc1cc(Cl)nc(OCc2ccc(O)cc2)c1C(C)=O. The largest absolute Gasteiger partial charge is 0.508 e. The minimum absolute atomic E-state index is 0.125. The number of Topliss-reactive ketones (excluding diaryl/α,β-unsaturated/α-hetero) is 1. The maximum atomic E-state index is 11.7. The molecule has 0 amide bonds. The van der Waals surface area contributed by atoms with Crippen LogP contribution in [0, 0.1) is 0 Å². The van der Waals surface area contributed by atoms with Crippen LogP contribution < -0.4 is 9.47 Å². The third-order valence-corrected chi connectivity index (χ3v) is 3.00. The van der Waals surface area contributed by atoms with Gasteiger partial charge in [-0.2, -0.15) is 0 Å². The summed E-state index contributed by atoms with van der Waals surface area (Å²) in [6.07, 6.45) is 0. The molecule has 0 bridgehead atoms. The summed E-state index contributed by atoms with van der Waals surface area (Å²) < 4.78 is 10.7. The normalized spacial score (nSPS) is 10.2. The number of hydrogen-bond donors (Lipinski definition) is 1. The lowest BCUT2D eigenvalue weighted by molar-refractivity contribution is 0.100. The molecule has 1 heterocycles. The smallest absolute Gasteiger partial charge is 0.230 e. The number of carbonyl (C=O) groups is 1. The second kappa shape index (κ2) is 6.45. The molecule has 5 nitrogen and oxygen atoms in total. The van der Waals surface area contributed by atoms with Crippen LogP contribution in [-0.4, -0.2) is 23.0 Å². The molecule has 0 aliphatic heterocycles. The number of carbonyl (C=O) groups excluding carboxylic acids is 1. The Morgan fingerprint density at radius 1 is 1.33 bits per heavy atom. The third-order valence-electron chi connectivity index (χ3n) is 2.80. The van der Waals surface area contributed by atoms with Gasteiger partial charge in [0.1, 0.15) is 28.8 Å². The number of ether oxygens (including phenoxy) is 2. The van der Waals surface area contributed by atoms with E-state index in [2.05, 4.69) is 4.98 Å². The summed E-state index contributed by atoms with van der Waals surface area (Å²) in [7, 11) is 1.45. The third kappa shape index (κ3) is 3.64. The van der Waals surface area contributed by atoms with Crippen LogP contribution in [0.1, 0.15) is 22.8 Å². The molecule has 0 saturated heterocycles. The Bertz CT molecular complexity index is 655. The minimum atomic E-state index is -0.225. The fraction of sp³-hybridized carbons (Fsp3) is 0.200. The Morgan fingerprint density at radius 2 is 2.00 bits per heavy atom. The van der Waals surface area contributed by atoms with Gasteiger partial charge >= 0.3 is 0 Å². The Balaban J connectivity index is 2.28. The van der Waals surface area contributed by atoms with Gasteiger partial charge < -0.3 is 14.6 Å².